The monoisotopic (exact) mass is 342 g/mol. The molecule has 4 nitrogen and oxygen atoms in total. The van der Waals surface area contributed by atoms with Gasteiger partial charge in [-0.1, -0.05) is 13.8 Å². The van der Waals surface area contributed by atoms with Crippen LogP contribution < -0.4 is 5.73 Å². The van der Waals surface area contributed by atoms with Crippen molar-refractivity contribution >= 4 is 5.82 Å². The summed E-state index contributed by atoms with van der Waals surface area (Å²) in [6, 6.07) is 0.958. The van der Waals surface area contributed by atoms with Crippen LogP contribution in [0.25, 0.3) is 11.3 Å². The fraction of sp³-hybridized carbons (Fsp3) is 0.500. The Kier molecular flexibility index (Phi) is 4.01. The van der Waals surface area contributed by atoms with Crippen molar-refractivity contribution in [2.75, 3.05) is 5.73 Å². The zero-order valence-electron chi connectivity index (χ0n) is 13.3. The van der Waals surface area contributed by atoms with E-state index in [9.17, 15) is 17.6 Å². The Balaban J connectivity index is 2.02. The van der Waals surface area contributed by atoms with Gasteiger partial charge < -0.3 is 10.3 Å². The maximum atomic E-state index is 13.2. The number of hydrogen-bond acceptors (Lipinski definition) is 3. The number of hydrogen-bond donors (Lipinski definition) is 1. The van der Waals surface area contributed by atoms with Crippen molar-refractivity contribution in [3.8, 4) is 11.3 Å². The predicted octanol–water partition coefficient (Wildman–Crippen LogP) is 4.34. The lowest BCUT2D eigenvalue weighted by atomic mass is 9.90. The summed E-state index contributed by atoms with van der Waals surface area (Å²) in [5.41, 5.74) is 4.99. The van der Waals surface area contributed by atoms with Gasteiger partial charge in [-0.05, 0) is 18.9 Å². The lowest BCUT2D eigenvalue weighted by Gasteiger charge is -2.32. The van der Waals surface area contributed by atoms with Crippen LogP contribution in [0.3, 0.4) is 0 Å². The van der Waals surface area contributed by atoms with Crippen LogP contribution in [0.15, 0.2) is 18.5 Å². The number of rotatable bonds is 3. The largest absolute Gasteiger partial charge is 0.419 e. The number of pyridine rings is 1. The molecule has 1 aliphatic rings. The molecule has 24 heavy (non-hydrogen) atoms. The smallest absolute Gasteiger partial charge is 0.383 e. The Morgan fingerprint density at radius 2 is 1.96 bits per heavy atom. The summed E-state index contributed by atoms with van der Waals surface area (Å²) in [6.07, 6.45) is -1.63. The number of aromatic nitrogens is 3. The zero-order chi connectivity index (χ0) is 17.6. The molecular weight excluding hydrogens is 324 g/mol. The Morgan fingerprint density at radius 3 is 2.50 bits per heavy atom. The van der Waals surface area contributed by atoms with Crippen molar-refractivity contribution < 1.29 is 17.6 Å². The standard InChI is InChI=1S/C16H18F4N4/c1-8(2)15-23-13(7-24(15)11-4-10(17)5-11)9-3-12(16(18,19)20)14(21)22-6-9/h3,6-8,10-11H,4-5H2,1-2H3,(H2,21,22)/t10-,11-. The van der Waals surface area contributed by atoms with Gasteiger partial charge in [-0.2, -0.15) is 13.2 Å². The molecule has 0 atom stereocenters. The van der Waals surface area contributed by atoms with Gasteiger partial charge in [-0.15, -0.1) is 0 Å². The Hall–Kier alpha value is -2.12. The lowest BCUT2D eigenvalue weighted by Crippen LogP contribution is -2.28. The van der Waals surface area contributed by atoms with Crippen LogP contribution in [0, 0.1) is 0 Å². The fourth-order valence-corrected chi connectivity index (χ4v) is 2.86. The topological polar surface area (TPSA) is 56.7 Å². The first-order chi connectivity index (χ1) is 11.2. The van der Waals surface area contributed by atoms with Crippen molar-refractivity contribution in [1.82, 2.24) is 14.5 Å². The molecule has 1 fully saturated rings. The summed E-state index contributed by atoms with van der Waals surface area (Å²) in [7, 11) is 0. The molecule has 2 heterocycles. The van der Waals surface area contributed by atoms with Gasteiger partial charge in [0.15, 0.2) is 0 Å². The molecule has 3 rings (SSSR count). The number of alkyl halides is 4. The molecule has 0 aliphatic heterocycles. The Labute approximate surface area is 136 Å². The summed E-state index contributed by atoms with van der Waals surface area (Å²) in [5, 5.41) is 0. The molecule has 0 bridgehead atoms. The molecule has 0 radical (unpaired) electrons. The van der Waals surface area contributed by atoms with Crippen LogP contribution in [0.2, 0.25) is 0 Å². The van der Waals surface area contributed by atoms with Gasteiger partial charge in [-0.25, -0.2) is 14.4 Å². The van der Waals surface area contributed by atoms with Crippen LogP contribution in [-0.4, -0.2) is 20.7 Å². The summed E-state index contributed by atoms with van der Waals surface area (Å²) in [4.78, 5) is 8.10. The highest BCUT2D eigenvalue weighted by Gasteiger charge is 2.35. The van der Waals surface area contributed by atoms with Crippen molar-refractivity contribution in [2.24, 2.45) is 0 Å². The molecule has 8 heteroatoms. The molecule has 0 unspecified atom stereocenters. The van der Waals surface area contributed by atoms with Crippen molar-refractivity contribution in [3.63, 3.8) is 0 Å². The van der Waals surface area contributed by atoms with E-state index in [1.54, 1.807) is 6.20 Å². The molecule has 0 spiro atoms. The predicted molar refractivity (Wildman–Crippen MR) is 82.1 cm³/mol. The van der Waals surface area contributed by atoms with Crippen LogP contribution in [0.4, 0.5) is 23.4 Å². The highest BCUT2D eigenvalue weighted by atomic mass is 19.4. The van der Waals surface area contributed by atoms with E-state index in [0.29, 0.717) is 18.5 Å². The van der Waals surface area contributed by atoms with Gasteiger partial charge in [-0.3, -0.25) is 0 Å². The van der Waals surface area contributed by atoms with E-state index in [-0.39, 0.29) is 17.5 Å². The third-order valence-electron chi connectivity index (χ3n) is 4.25. The third-order valence-corrected chi connectivity index (χ3v) is 4.25. The van der Waals surface area contributed by atoms with Gasteiger partial charge in [0.1, 0.15) is 17.8 Å². The Morgan fingerprint density at radius 1 is 1.29 bits per heavy atom. The molecule has 0 amide bonds. The summed E-state index contributed by atoms with van der Waals surface area (Å²) < 4.78 is 54.1. The van der Waals surface area contributed by atoms with Crippen LogP contribution in [0.5, 0.6) is 0 Å². The number of halogens is 4. The number of nitrogens with zero attached hydrogens (tertiary/aromatic N) is 3. The number of nitrogen functional groups attached to an aromatic ring is 1. The molecule has 130 valence electrons. The average molecular weight is 342 g/mol. The number of anilines is 1. The number of imidazole rings is 1. The SMILES string of the molecule is CC(C)c1nc(-c2cnc(N)c(C(F)(F)F)c2)cn1[C@H]1C[C@H](F)C1. The van der Waals surface area contributed by atoms with Gasteiger partial charge in [0, 0.05) is 29.9 Å². The van der Waals surface area contributed by atoms with E-state index >= 15 is 0 Å². The number of nitrogens with two attached hydrogens (primary N) is 1. The fourth-order valence-electron chi connectivity index (χ4n) is 2.86. The van der Waals surface area contributed by atoms with Gasteiger partial charge in [0.25, 0.3) is 0 Å². The first-order valence-electron chi connectivity index (χ1n) is 7.72. The maximum Gasteiger partial charge on any atom is 0.419 e. The third kappa shape index (κ3) is 2.97. The summed E-state index contributed by atoms with van der Waals surface area (Å²) >= 11 is 0. The van der Waals surface area contributed by atoms with Crippen molar-refractivity contribution in [3.05, 3.63) is 29.8 Å². The molecule has 1 aliphatic carbocycles. The highest BCUT2D eigenvalue weighted by Crippen LogP contribution is 2.39. The van der Waals surface area contributed by atoms with Crippen LogP contribution in [0.1, 0.15) is 50.0 Å². The van der Waals surface area contributed by atoms with E-state index in [4.69, 9.17) is 5.73 Å². The molecular formula is C16H18F4N4. The summed E-state index contributed by atoms with van der Waals surface area (Å²) in [6.45, 7) is 3.88. The van der Waals surface area contributed by atoms with Crippen molar-refractivity contribution in [1.29, 1.82) is 0 Å². The molecule has 2 aromatic heterocycles. The molecule has 0 saturated heterocycles. The van der Waals surface area contributed by atoms with Crippen LogP contribution in [-0.2, 0) is 6.18 Å². The average Bonchev–Trinajstić information content (AvgIpc) is 2.88. The second kappa shape index (κ2) is 5.75. The quantitative estimate of drug-likeness (QED) is 0.844. The summed E-state index contributed by atoms with van der Waals surface area (Å²) in [5.74, 6) is 0.238. The first-order valence-corrected chi connectivity index (χ1v) is 7.72. The van der Waals surface area contributed by atoms with E-state index < -0.39 is 23.7 Å². The second-order valence-corrected chi connectivity index (χ2v) is 6.42. The second-order valence-electron chi connectivity index (χ2n) is 6.42. The minimum atomic E-state index is -4.58. The Bertz CT molecular complexity index is 745. The van der Waals surface area contributed by atoms with Gasteiger partial charge in [0.2, 0.25) is 0 Å². The van der Waals surface area contributed by atoms with Crippen LogP contribution >= 0.6 is 0 Å². The molecule has 2 N–H and O–H groups in total. The van der Waals surface area contributed by atoms with E-state index in [0.717, 1.165) is 11.9 Å². The van der Waals surface area contributed by atoms with E-state index in [1.807, 2.05) is 18.4 Å². The first kappa shape index (κ1) is 16.7. The van der Waals surface area contributed by atoms with E-state index in [2.05, 4.69) is 9.97 Å². The molecule has 0 aromatic carbocycles. The molecule has 2 aromatic rings. The minimum absolute atomic E-state index is 0.00229. The molecule has 1 saturated carbocycles. The van der Waals surface area contributed by atoms with Gasteiger partial charge >= 0.3 is 6.18 Å². The highest BCUT2D eigenvalue weighted by molar-refractivity contribution is 5.62. The minimum Gasteiger partial charge on any atom is -0.383 e. The zero-order valence-corrected chi connectivity index (χ0v) is 13.3. The maximum absolute atomic E-state index is 13.2. The van der Waals surface area contributed by atoms with Crippen molar-refractivity contribution in [2.45, 2.75) is 51.0 Å². The van der Waals surface area contributed by atoms with E-state index in [1.165, 1.54) is 6.20 Å². The lowest BCUT2D eigenvalue weighted by molar-refractivity contribution is -0.137. The normalized spacial score (nSPS) is 21.1. The van der Waals surface area contributed by atoms with Gasteiger partial charge in [0.05, 0.1) is 11.3 Å².